The minimum absolute atomic E-state index is 0.182. The van der Waals surface area contributed by atoms with Crippen LogP contribution in [0.1, 0.15) is 12.5 Å². The van der Waals surface area contributed by atoms with Crippen molar-refractivity contribution in [1.82, 2.24) is 9.78 Å². The molecule has 0 radical (unpaired) electrons. The van der Waals surface area contributed by atoms with Crippen molar-refractivity contribution in [2.75, 3.05) is 17.2 Å². The predicted octanol–water partition coefficient (Wildman–Crippen LogP) is 2.29. The Bertz CT molecular complexity index is 764. The van der Waals surface area contributed by atoms with E-state index in [4.69, 9.17) is 4.74 Å². The highest BCUT2D eigenvalue weighted by molar-refractivity contribution is 6.31. The van der Waals surface area contributed by atoms with Gasteiger partial charge in [0.25, 0.3) is 5.91 Å². The van der Waals surface area contributed by atoms with Gasteiger partial charge in [-0.05, 0) is 13.0 Å². The number of benzene rings is 1. The van der Waals surface area contributed by atoms with Crippen LogP contribution in [0.3, 0.4) is 0 Å². The van der Waals surface area contributed by atoms with Crippen LogP contribution in [0.25, 0.3) is 5.57 Å². The molecule has 0 atom stereocenters. The molecule has 0 bridgehead atoms. The van der Waals surface area contributed by atoms with E-state index in [1.54, 1.807) is 19.2 Å². The lowest BCUT2D eigenvalue weighted by atomic mass is 10.1. The number of rotatable bonds is 3. The molecule has 1 aromatic carbocycles. The fourth-order valence-corrected chi connectivity index (χ4v) is 2.12. The Morgan fingerprint density at radius 3 is 3.05 bits per heavy atom. The number of fused-ring (bicyclic) bond motifs is 1. The highest BCUT2D eigenvalue weighted by Gasteiger charge is 2.23. The molecule has 0 spiro atoms. The Morgan fingerprint density at radius 2 is 2.23 bits per heavy atom. The smallest absolute Gasteiger partial charge is 0.434 e. The second-order valence-corrected chi connectivity index (χ2v) is 4.55. The molecule has 1 aliphatic heterocycles. The molecular formula is C15H14N4O3. The van der Waals surface area contributed by atoms with Crippen molar-refractivity contribution < 1.29 is 14.3 Å². The molecule has 2 N–H and O–H groups in total. The van der Waals surface area contributed by atoms with Crippen LogP contribution >= 0.6 is 0 Å². The van der Waals surface area contributed by atoms with Gasteiger partial charge in [0, 0.05) is 29.7 Å². The van der Waals surface area contributed by atoms with Crippen molar-refractivity contribution >= 4 is 29.1 Å². The minimum atomic E-state index is -0.549. The number of ether oxygens (including phenoxy) is 1. The summed E-state index contributed by atoms with van der Waals surface area (Å²) in [6.07, 6.45) is 2.51. The molecule has 0 saturated carbocycles. The summed E-state index contributed by atoms with van der Waals surface area (Å²) in [5.74, 6) is 0.260. The van der Waals surface area contributed by atoms with Crippen molar-refractivity contribution in [3.63, 3.8) is 0 Å². The third-order valence-electron chi connectivity index (χ3n) is 3.12. The molecular weight excluding hydrogens is 284 g/mol. The Kier molecular flexibility index (Phi) is 3.61. The molecule has 3 rings (SSSR count). The fourth-order valence-electron chi connectivity index (χ4n) is 2.12. The van der Waals surface area contributed by atoms with Gasteiger partial charge in [0.2, 0.25) is 0 Å². The summed E-state index contributed by atoms with van der Waals surface area (Å²) in [6.45, 7) is 2.00. The van der Waals surface area contributed by atoms with Crippen LogP contribution in [-0.2, 0) is 9.53 Å². The molecule has 0 aliphatic carbocycles. The summed E-state index contributed by atoms with van der Waals surface area (Å²) in [5, 5.41) is 9.72. The molecule has 2 heterocycles. The van der Waals surface area contributed by atoms with Gasteiger partial charge in [-0.3, -0.25) is 4.79 Å². The van der Waals surface area contributed by atoms with E-state index >= 15 is 0 Å². The number of anilines is 2. The maximum Gasteiger partial charge on any atom is 0.434 e. The third-order valence-corrected chi connectivity index (χ3v) is 3.12. The van der Waals surface area contributed by atoms with Crippen LogP contribution in [0, 0.1) is 0 Å². The largest absolute Gasteiger partial charge is 0.448 e. The van der Waals surface area contributed by atoms with Crippen LogP contribution < -0.4 is 10.6 Å². The van der Waals surface area contributed by atoms with Crippen LogP contribution in [0.15, 0.2) is 42.7 Å². The molecule has 1 aromatic heterocycles. The summed E-state index contributed by atoms with van der Waals surface area (Å²) in [5.41, 5.74) is 2.11. The van der Waals surface area contributed by atoms with Gasteiger partial charge in [-0.1, -0.05) is 18.2 Å². The van der Waals surface area contributed by atoms with Crippen molar-refractivity contribution in [2.45, 2.75) is 6.92 Å². The number of nitrogens with one attached hydrogen (secondary N) is 2. The van der Waals surface area contributed by atoms with E-state index in [-0.39, 0.29) is 12.5 Å². The average molecular weight is 298 g/mol. The number of hydrogen-bond acceptors (Lipinski definition) is 5. The summed E-state index contributed by atoms with van der Waals surface area (Å²) in [4.78, 5) is 23.4. The molecule has 0 fully saturated rings. The molecule has 0 unspecified atom stereocenters. The van der Waals surface area contributed by atoms with Gasteiger partial charge < -0.3 is 15.4 Å². The summed E-state index contributed by atoms with van der Waals surface area (Å²) >= 11 is 0. The Balaban J connectivity index is 1.77. The molecule has 2 aromatic rings. The lowest BCUT2D eigenvalue weighted by Gasteiger charge is -2.00. The van der Waals surface area contributed by atoms with Gasteiger partial charge in [0.1, 0.15) is 0 Å². The predicted molar refractivity (Wildman–Crippen MR) is 81.3 cm³/mol. The van der Waals surface area contributed by atoms with Crippen molar-refractivity contribution in [1.29, 1.82) is 0 Å². The average Bonchev–Trinajstić information content (AvgIpc) is 3.09. The Labute approximate surface area is 126 Å². The molecule has 7 heteroatoms. The summed E-state index contributed by atoms with van der Waals surface area (Å²) < 4.78 is 5.93. The van der Waals surface area contributed by atoms with Gasteiger partial charge in [-0.15, -0.1) is 5.10 Å². The van der Waals surface area contributed by atoms with Gasteiger partial charge in [0.05, 0.1) is 12.2 Å². The quantitative estimate of drug-likeness (QED) is 0.849. The van der Waals surface area contributed by atoms with E-state index < -0.39 is 6.09 Å². The normalized spacial score (nSPS) is 14.6. The van der Waals surface area contributed by atoms with Crippen LogP contribution in [-0.4, -0.2) is 28.4 Å². The molecule has 1 aliphatic rings. The highest BCUT2D eigenvalue weighted by atomic mass is 16.5. The van der Waals surface area contributed by atoms with E-state index in [9.17, 15) is 9.59 Å². The first kappa shape index (κ1) is 13.9. The second-order valence-electron chi connectivity index (χ2n) is 4.55. The maximum atomic E-state index is 11.9. The minimum Gasteiger partial charge on any atom is -0.448 e. The van der Waals surface area contributed by atoms with Gasteiger partial charge >= 0.3 is 6.09 Å². The Hall–Kier alpha value is -3.09. The summed E-state index contributed by atoms with van der Waals surface area (Å²) in [7, 11) is 0. The number of aromatic nitrogens is 2. The SMILES string of the molecule is CCOC(=O)n1ccc(NC=C2C(=O)Nc3ccccc32)n1. The zero-order chi connectivity index (χ0) is 15.5. The first-order valence-corrected chi connectivity index (χ1v) is 6.79. The number of carbonyl (C=O) groups is 2. The van der Waals surface area contributed by atoms with E-state index in [1.165, 1.54) is 6.20 Å². The molecule has 7 nitrogen and oxygen atoms in total. The Morgan fingerprint density at radius 1 is 1.41 bits per heavy atom. The monoisotopic (exact) mass is 298 g/mol. The van der Waals surface area contributed by atoms with E-state index in [1.807, 2.05) is 24.3 Å². The molecule has 0 saturated heterocycles. The van der Waals surface area contributed by atoms with E-state index in [0.717, 1.165) is 15.9 Å². The van der Waals surface area contributed by atoms with E-state index in [2.05, 4.69) is 15.7 Å². The van der Waals surface area contributed by atoms with Crippen LogP contribution in [0.2, 0.25) is 0 Å². The first-order chi connectivity index (χ1) is 10.7. The van der Waals surface area contributed by atoms with E-state index in [0.29, 0.717) is 11.4 Å². The highest BCUT2D eigenvalue weighted by Crippen LogP contribution is 2.30. The van der Waals surface area contributed by atoms with Crippen molar-refractivity contribution in [2.24, 2.45) is 0 Å². The van der Waals surface area contributed by atoms with Crippen molar-refractivity contribution in [3.05, 3.63) is 48.3 Å². The third kappa shape index (κ3) is 2.56. The fraction of sp³-hybridized carbons (Fsp3) is 0.133. The topological polar surface area (TPSA) is 85.2 Å². The maximum absolute atomic E-state index is 11.9. The molecule has 22 heavy (non-hydrogen) atoms. The number of para-hydroxylation sites is 1. The number of hydrogen-bond donors (Lipinski definition) is 2. The lowest BCUT2D eigenvalue weighted by molar-refractivity contribution is -0.110. The van der Waals surface area contributed by atoms with Crippen LogP contribution in [0.5, 0.6) is 0 Å². The number of amides is 1. The zero-order valence-electron chi connectivity index (χ0n) is 11.9. The van der Waals surface area contributed by atoms with Gasteiger partial charge in [0.15, 0.2) is 5.82 Å². The van der Waals surface area contributed by atoms with Crippen molar-refractivity contribution in [3.8, 4) is 0 Å². The first-order valence-electron chi connectivity index (χ1n) is 6.79. The second kappa shape index (κ2) is 5.72. The summed E-state index contributed by atoms with van der Waals surface area (Å²) in [6, 6.07) is 9.03. The number of nitrogens with zero attached hydrogens (tertiary/aromatic N) is 2. The zero-order valence-corrected chi connectivity index (χ0v) is 11.9. The lowest BCUT2D eigenvalue weighted by Crippen LogP contribution is -2.14. The molecule has 1 amide bonds. The molecule has 112 valence electrons. The van der Waals surface area contributed by atoms with Gasteiger partial charge in [-0.2, -0.15) is 4.68 Å². The van der Waals surface area contributed by atoms with Crippen LogP contribution in [0.4, 0.5) is 16.3 Å². The standard InChI is InChI=1S/C15H14N4O3/c1-2-22-15(21)19-8-7-13(18-19)16-9-11-10-5-3-4-6-12(10)17-14(11)20/h3-9H,2H2,1H3,(H,16,18)(H,17,20). The number of carbonyl (C=O) groups excluding carboxylic acids is 2. The van der Waals surface area contributed by atoms with Gasteiger partial charge in [-0.25, -0.2) is 4.79 Å².